The Morgan fingerprint density at radius 3 is 2.91 bits per heavy atom. The van der Waals surface area contributed by atoms with Crippen molar-refractivity contribution in [3.05, 3.63) is 24.3 Å². The molecule has 1 saturated carbocycles. The number of carbonyl (C=O) groups is 2. The SMILES string of the molecule is Cl.O=C(CNCC1CC1)Nc1cccc(N2CCCNC2=O)c1. The number of urea groups is 1. The van der Waals surface area contributed by atoms with Crippen LogP contribution < -0.4 is 20.9 Å². The first kappa shape index (κ1) is 17.6. The molecule has 3 amide bonds. The minimum atomic E-state index is -0.0826. The molecule has 1 saturated heterocycles. The lowest BCUT2D eigenvalue weighted by atomic mass is 10.2. The first-order valence-corrected chi connectivity index (χ1v) is 7.88. The third-order valence-corrected chi connectivity index (χ3v) is 3.94. The molecular weight excluding hydrogens is 316 g/mol. The number of anilines is 2. The van der Waals surface area contributed by atoms with Crippen LogP contribution in [0, 0.1) is 5.92 Å². The van der Waals surface area contributed by atoms with Crippen LogP contribution in [0.5, 0.6) is 0 Å². The lowest BCUT2D eigenvalue weighted by molar-refractivity contribution is -0.115. The fourth-order valence-electron chi connectivity index (χ4n) is 2.54. The molecule has 126 valence electrons. The second-order valence-corrected chi connectivity index (χ2v) is 5.91. The molecule has 1 aliphatic heterocycles. The number of benzene rings is 1. The number of nitrogens with zero attached hydrogens (tertiary/aromatic N) is 1. The Balaban J connectivity index is 0.00000192. The molecule has 2 fully saturated rings. The zero-order chi connectivity index (χ0) is 15.4. The number of rotatable bonds is 6. The average Bonchev–Trinajstić information content (AvgIpc) is 3.32. The van der Waals surface area contributed by atoms with Gasteiger partial charge in [-0.05, 0) is 49.9 Å². The Bertz CT molecular complexity index is 563. The number of nitrogens with one attached hydrogen (secondary N) is 3. The van der Waals surface area contributed by atoms with Gasteiger partial charge in [0, 0.05) is 24.5 Å². The molecular formula is C16H23ClN4O2. The Hall–Kier alpha value is -1.79. The van der Waals surface area contributed by atoms with Gasteiger partial charge in [-0.3, -0.25) is 9.69 Å². The monoisotopic (exact) mass is 338 g/mol. The number of hydrogen-bond donors (Lipinski definition) is 3. The van der Waals surface area contributed by atoms with Crippen molar-refractivity contribution in [2.75, 3.05) is 36.4 Å². The summed E-state index contributed by atoms with van der Waals surface area (Å²) in [5.74, 6) is 0.703. The van der Waals surface area contributed by atoms with Crippen LogP contribution in [0.25, 0.3) is 0 Å². The molecule has 0 unspecified atom stereocenters. The summed E-state index contributed by atoms with van der Waals surface area (Å²) < 4.78 is 0. The molecule has 3 N–H and O–H groups in total. The van der Waals surface area contributed by atoms with Crippen molar-refractivity contribution in [2.45, 2.75) is 19.3 Å². The molecule has 0 spiro atoms. The normalized spacial score (nSPS) is 17.2. The smallest absolute Gasteiger partial charge is 0.321 e. The summed E-state index contributed by atoms with van der Waals surface area (Å²) in [7, 11) is 0. The van der Waals surface area contributed by atoms with E-state index >= 15 is 0 Å². The van der Waals surface area contributed by atoms with E-state index in [-0.39, 0.29) is 24.3 Å². The third kappa shape index (κ3) is 5.11. The van der Waals surface area contributed by atoms with Crippen molar-refractivity contribution in [3.63, 3.8) is 0 Å². The van der Waals surface area contributed by atoms with E-state index in [1.165, 1.54) is 12.8 Å². The number of amides is 3. The van der Waals surface area contributed by atoms with Crippen molar-refractivity contribution >= 4 is 35.7 Å². The van der Waals surface area contributed by atoms with Crippen molar-refractivity contribution in [1.29, 1.82) is 0 Å². The van der Waals surface area contributed by atoms with Crippen LogP contribution in [0.4, 0.5) is 16.2 Å². The highest BCUT2D eigenvalue weighted by Crippen LogP contribution is 2.27. The highest BCUT2D eigenvalue weighted by Gasteiger charge is 2.21. The Kier molecular flexibility index (Phi) is 6.24. The largest absolute Gasteiger partial charge is 0.338 e. The first-order valence-electron chi connectivity index (χ1n) is 7.88. The summed E-state index contributed by atoms with van der Waals surface area (Å²) in [5.41, 5.74) is 1.52. The summed E-state index contributed by atoms with van der Waals surface area (Å²) in [6.07, 6.45) is 3.47. The van der Waals surface area contributed by atoms with Gasteiger partial charge >= 0.3 is 6.03 Å². The topological polar surface area (TPSA) is 73.5 Å². The molecule has 1 aromatic rings. The maximum absolute atomic E-state index is 11.9. The molecule has 6 nitrogen and oxygen atoms in total. The third-order valence-electron chi connectivity index (χ3n) is 3.94. The van der Waals surface area contributed by atoms with E-state index in [0.717, 1.165) is 31.1 Å². The van der Waals surface area contributed by atoms with Gasteiger partial charge in [-0.25, -0.2) is 4.79 Å². The number of halogens is 1. The number of carbonyl (C=O) groups excluding carboxylic acids is 2. The van der Waals surface area contributed by atoms with Crippen LogP contribution in [-0.2, 0) is 4.79 Å². The van der Waals surface area contributed by atoms with Gasteiger partial charge < -0.3 is 16.0 Å². The fraction of sp³-hybridized carbons (Fsp3) is 0.500. The van der Waals surface area contributed by atoms with Gasteiger partial charge in [0.05, 0.1) is 6.54 Å². The summed E-state index contributed by atoms with van der Waals surface area (Å²) in [4.78, 5) is 25.5. The molecule has 1 heterocycles. The Morgan fingerprint density at radius 2 is 2.17 bits per heavy atom. The van der Waals surface area contributed by atoms with E-state index in [0.29, 0.717) is 18.8 Å². The molecule has 23 heavy (non-hydrogen) atoms. The second-order valence-electron chi connectivity index (χ2n) is 5.91. The van der Waals surface area contributed by atoms with E-state index in [1.54, 1.807) is 4.90 Å². The molecule has 0 radical (unpaired) electrons. The van der Waals surface area contributed by atoms with Gasteiger partial charge in [-0.15, -0.1) is 12.4 Å². The van der Waals surface area contributed by atoms with E-state index in [1.807, 2.05) is 24.3 Å². The van der Waals surface area contributed by atoms with E-state index < -0.39 is 0 Å². The summed E-state index contributed by atoms with van der Waals surface area (Å²) in [6.45, 7) is 2.66. The van der Waals surface area contributed by atoms with E-state index in [4.69, 9.17) is 0 Å². The van der Waals surface area contributed by atoms with E-state index in [9.17, 15) is 9.59 Å². The van der Waals surface area contributed by atoms with Crippen LogP contribution in [0.2, 0.25) is 0 Å². The van der Waals surface area contributed by atoms with Crippen LogP contribution in [0.3, 0.4) is 0 Å². The predicted molar refractivity (Wildman–Crippen MR) is 93.3 cm³/mol. The van der Waals surface area contributed by atoms with Gasteiger partial charge in [-0.1, -0.05) is 6.07 Å². The van der Waals surface area contributed by atoms with Crippen LogP contribution >= 0.6 is 12.4 Å². The van der Waals surface area contributed by atoms with Gasteiger partial charge in [-0.2, -0.15) is 0 Å². The first-order chi connectivity index (χ1) is 10.7. The van der Waals surface area contributed by atoms with Crippen molar-refractivity contribution in [3.8, 4) is 0 Å². The second kappa shape index (κ2) is 8.17. The molecule has 0 aromatic heterocycles. The average molecular weight is 339 g/mol. The molecule has 1 aromatic carbocycles. The molecule has 0 atom stereocenters. The maximum Gasteiger partial charge on any atom is 0.321 e. The molecule has 0 bridgehead atoms. The fourth-order valence-corrected chi connectivity index (χ4v) is 2.54. The zero-order valence-corrected chi connectivity index (χ0v) is 13.8. The predicted octanol–water partition coefficient (Wildman–Crippen LogP) is 1.97. The Morgan fingerprint density at radius 1 is 1.35 bits per heavy atom. The van der Waals surface area contributed by atoms with Crippen LogP contribution in [0.15, 0.2) is 24.3 Å². The highest BCUT2D eigenvalue weighted by molar-refractivity contribution is 5.95. The summed E-state index contributed by atoms with van der Waals surface area (Å²) in [6, 6.07) is 7.32. The standard InChI is InChI=1S/C16H22N4O2.ClH/c21-15(11-17-10-12-5-6-12)19-13-3-1-4-14(9-13)20-8-2-7-18-16(20)22;/h1,3-4,9,12,17H,2,5-8,10-11H2,(H,18,22)(H,19,21);1H. The van der Waals surface area contributed by atoms with Crippen molar-refractivity contribution in [2.24, 2.45) is 5.92 Å². The van der Waals surface area contributed by atoms with Gasteiger partial charge in [0.15, 0.2) is 0 Å². The lowest BCUT2D eigenvalue weighted by Crippen LogP contribution is -2.46. The van der Waals surface area contributed by atoms with Crippen molar-refractivity contribution in [1.82, 2.24) is 10.6 Å². The van der Waals surface area contributed by atoms with Crippen LogP contribution in [0.1, 0.15) is 19.3 Å². The molecule has 7 heteroatoms. The van der Waals surface area contributed by atoms with Gasteiger partial charge in [0.1, 0.15) is 0 Å². The van der Waals surface area contributed by atoms with Crippen molar-refractivity contribution < 1.29 is 9.59 Å². The highest BCUT2D eigenvalue weighted by atomic mass is 35.5. The summed E-state index contributed by atoms with van der Waals surface area (Å²) >= 11 is 0. The minimum Gasteiger partial charge on any atom is -0.338 e. The maximum atomic E-state index is 11.9. The minimum absolute atomic E-state index is 0. The molecule has 2 aliphatic rings. The molecule has 1 aliphatic carbocycles. The quantitative estimate of drug-likeness (QED) is 0.742. The van der Waals surface area contributed by atoms with E-state index in [2.05, 4.69) is 16.0 Å². The lowest BCUT2D eigenvalue weighted by Gasteiger charge is -2.27. The number of hydrogen-bond acceptors (Lipinski definition) is 3. The zero-order valence-electron chi connectivity index (χ0n) is 13.0. The van der Waals surface area contributed by atoms with Gasteiger partial charge in [0.25, 0.3) is 0 Å². The van der Waals surface area contributed by atoms with Gasteiger partial charge in [0.2, 0.25) is 5.91 Å². The Labute approximate surface area is 142 Å². The summed E-state index contributed by atoms with van der Waals surface area (Å²) in [5, 5.41) is 8.86. The van der Waals surface area contributed by atoms with Crippen LogP contribution in [-0.4, -0.2) is 38.1 Å². The molecule has 3 rings (SSSR count).